The van der Waals surface area contributed by atoms with Crippen LogP contribution in [0.15, 0.2) is 41.1 Å². The molecule has 4 rings (SSSR count). The molecule has 0 saturated carbocycles. The van der Waals surface area contributed by atoms with Crippen LogP contribution in [0.2, 0.25) is 0 Å². The Bertz CT molecular complexity index is 849. The van der Waals surface area contributed by atoms with Crippen LogP contribution in [0, 0.1) is 0 Å². The zero-order valence-electron chi connectivity index (χ0n) is 15.5. The molecule has 1 aliphatic rings. The van der Waals surface area contributed by atoms with Crippen LogP contribution in [0.25, 0.3) is 11.3 Å². The lowest BCUT2D eigenvalue weighted by atomic mass is 10.0. The largest absolute Gasteiger partial charge is 0.359 e. The van der Waals surface area contributed by atoms with E-state index < -0.39 is 0 Å². The first-order valence-electron chi connectivity index (χ1n) is 9.59. The van der Waals surface area contributed by atoms with Gasteiger partial charge in [0.05, 0.1) is 23.6 Å². The summed E-state index contributed by atoms with van der Waals surface area (Å²) in [6, 6.07) is 11.2. The number of nitrogens with one attached hydrogen (secondary N) is 1. The Morgan fingerprint density at radius 1 is 1.19 bits per heavy atom. The SMILES string of the molecule is CCc1ccc(-c2[nH]ncc2CN2CCC[C@@H]2c2cc(CC)no2)cc1. The van der Waals surface area contributed by atoms with Gasteiger partial charge in [0, 0.05) is 18.2 Å². The number of rotatable bonds is 6. The van der Waals surface area contributed by atoms with Crippen molar-refractivity contribution >= 4 is 0 Å². The maximum Gasteiger partial charge on any atom is 0.154 e. The van der Waals surface area contributed by atoms with Crippen molar-refractivity contribution in [2.45, 2.75) is 52.1 Å². The molecule has 5 nitrogen and oxygen atoms in total. The third kappa shape index (κ3) is 3.31. The molecule has 0 amide bonds. The van der Waals surface area contributed by atoms with Gasteiger partial charge in [-0.05, 0) is 43.4 Å². The Labute approximate surface area is 154 Å². The van der Waals surface area contributed by atoms with E-state index in [0.717, 1.165) is 49.5 Å². The fourth-order valence-corrected chi connectivity index (χ4v) is 3.80. The molecule has 26 heavy (non-hydrogen) atoms. The molecule has 5 heteroatoms. The van der Waals surface area contributed by atoms with Crippen LogP contribution in [0.5, 0.6) is 0 Å². The summed E-state index contributed by atoms with van der Waals surface area (Å²) in [4.78, 5) is 2.48. The predicted molar refractivity (Wildman–Crippen MR) is 102 cm³/mol. The van der Waals surface area contributed by atoms with Gasteiger partial charge in [-0.15, -0.1) is 0 Å². The van der Waals surface area contributed by atoms with E-state index >= 15 is 0 Å². The quantitative estimate of drug-likeness (QED) is 0.710. The van der Waals surface area contributed by atoms with Gasteiger partial charge in [-0.3, -0.25) is 10.00 Å². The van der Waals surface area contributed by atoms with Gasteiger partial charge in [-0.2, -0.15) is 5.10 Å². The maximum absolute atomic E-state index is 5.61. The first-order valence-corrected chi connectivity index (χ1v) is 9.59. The van der Waals surface area contributed by atoms with Crippen molar-refractivity contribution in [3.05, 3.63) is 59.1 Å². The molecule has 3 aromatic rings. The van der Waals surface area contributed by atoms with E-state index in [9.17, 15) is 0 Å². The van der Waals surface area contributed by atoms with Gasteiger partial charge >= 0.3 is 0 Å². The summed E-state index contributed by atoms with van der Waals surface area (Å²) in [6.07, 6.45) is 6.23. The second-order valence-corrected chi connectivity index (χ2v) is 7.02. The van der Waals surface area contributed by atoms with Gasteiger partial charge in [0.2, 0.25) is 0 Å². The molecule has 1 atom stereocenters. The molecule has 3 heterocycles. The number of likely N-dealkylation sites (tertiary alicyclic amines) is 1. The van der Waals surface area contributed by atoms with Crippen LogP contribution < -0.4 is 0 Å². The highest BCUT2D eigenvalue weighted by Gasteiger charge is 2.30. The second kappa shape index (κ2) is 7.46. The van der Waals surface area contributed by atoms with Crippen LogP contribution in [0.4, 0.5) is 0 Å². The first-order chi connectivity index (χ1) is 12.8. The van der Waals surface area contributed by atoms with Crippen molar-refractivity contribution < 1.29 is 4.52 Å². The molecule has 0 radical (unpaired) electrons. The number of H-pyrrole nitrogens is 1. The van der Waals surface area contributed by atoms with Crippen LogP contribution in [0.1, 0.15) is 55.3 Å². The second-order valence-electron chi connectivity index (χ2n) is 7.02. The number of hydrogen-bond donors (Lipinski definition) is 1. The molecule has 1 aromatic carbocycles. The summed E-state index contributed by atoms with van der Waals surface area (Å²) in [5, 5.41) is 11.7. The summed E-state index contributed by atoms with van der Waals surface area (Å²) in [5.41, 5.74) is 5.93. The fraction of sp³-hybridized carbons (Fsp3) is 0.429. The fourth-order valence-electron chi connectivity index (χ4n) is 3.80. The average molecular weight is 350 g/mol. The number of hydrogen-bond acceptors (Lipinski definition) is 4. The molecule has 0 spiro atoms. The van der Waals surface area contributed by atoms with E-state index in [1.807, 2.05) is 6.20 Å². The molecule has 2 aromatic heterocycles. The van der Waals surface area contributed by atoms with Gasteiger partial charge in [-0.1, -0.05) is 43.3 Å². The summed E-state index contributed by atoms with van der Waals surface area (Å²) in [7, 11) is 0. The summed E-state index contributed by atoms with van der Waals surface area (Å²) < 4.78 is 5.61. The summed E-state index contributed by atoms with van der Waals surface area (Å²) in [6.45, 7) is 6.23. The van der Waals surface area contributed by atoms with Gasteiger partial charge in [-0.25, -0.2) is 0 Å². The topological polar surface area (TPSA) is 58.0 Å². The first kappa shape index (κ1) is 17.0. The van der Waals surface area contributed by atoms with Crippen LogP contribution in [0.3, 0.4) is 0 Å². The molecule has 1 saturated heterocycles. The Morgan fingerprint density at radius 2 is 2.04 bits per heavy atom. The smallest absolute Gasteiger partial charge is 0.154 e. The van der Waals surface area contributed by atoms with E-state index in [0.29, 0.717) is 6.04 Å². The minimum absolute atomic E-state index is 0.313. The number of aryl methyl sites for hydroxylation is 2. The molecule has 0 bridgehead atoms. The van der Waals surface area contributed by atoms with Crippen molar-refractivity contribution in [2.75, 3.05) is 6.54 Å². The number of nitrogens with zero attached hydrogens (tertiary/aromatic N) is 3. The van der Waals surface area contributed by atoms with E-state index in [4.69, 9.17) is 4.52 Å². The Hall–Kier alpha value is -2.40. The number of aromatic amines is 1. The van der Waals surface area contributed by atoms with Crippen LogP contribution in [-0.4, -0.2) is 26.8 Å². The predicted octanol–water partition coefficient (Wildman–Crippen LogP) is 4.53. The molecule has 0 unspecified atom stereocenters. The van der Waals surface area contributed by atoms with E-state index in [1.165, 1.54) is 23.1 Å². The molecular formula is C21H26N4O. The van der Waals surface area contributed by atoms with Gasteiger partial charge < -0.3 is 4.52 Å². The molecule has 0 aliphatic carbocycles. The standard InChI is InChI=1S/C21H26N4O/c1-3-15-7-9-16(10-8-15)21-17(13-22-23-21)14-25-11-5-6-19(25)20-12-18(4-2)24-26-20/h7-10,12-13,19H,3-6,11,14H2,1-2H3,(H,22,23)/t19-/m1/s1. The van der Waals surface area contributed by atoms with Gasteiger partial charge in [0.1, 0.15) is 0 Å². The number of aromatic nitrogens is 3. The Kier molecular flexibility index (Phi) is 4.89. The lowest BCUT2D eigenvalue weighted by Gasteiger charge is -2.22. The summed E-state index contributed by atoms with van der Waals surface area (Å²) >= 11 is 0. The zero-order chi connectivity index (χ0) is 17.9. The van der Waals surface area contributed by atoms with Crippen molar-refractivity contribution in [2.24, 2.45) is 0 Å². The number of benzene rings is 1. The third-order valence-corrected chi connectivity index (χ3v) is 5.37. The van der Waals surface area contributed by atoms with E-state index in [2.05, 4.69) is 64.4 Å². The van der Waals surface area contributed by atoms with Crippen LogP contribution >= 0.6 is 0 Å². The van der Waals surface area contributed by atoms with Crippen molar-refractivity contribution in [3.8, 4) is 11.3 Å². The lowest BCUT2D eigenvalue weighted by Crippen LogP contribution is -2.22. The van der Waals surface area contributed by atoms with Crippen molar-refractivity contribution in [1.29, 1.82) is 0 Å². The summed E-state index contributed by atoms with van der Waals surface area (Å²) in [5.74, 6) is 0.997. The Morgan fingerprint density at radius 3 is 2.77 bits per heavy atom. The average Bonchev–Trinajstić information content (AvgIpc) is 3.42. The van der Waals surface area contributed by atoms with E-state index in [1.54, 1.807) is 0 Å². The van der Waals surface area contributed by atoms with Crippen molar-refractivity contribution in [3.63, 3.8) is 0 Å². The highest BCUT2D eigenvalue weighted by atomic mass is 16.5. The van der Waals surface area contributed by atoms with Gasteiger partial charge in [0.25, 0.3) is 0 Å². The minimum atomic E-state index is 0.313. The zero-order valence-corrected chi connectivity index (χ0v) is 15.5. The highest BCUT2D eigenvalue weighted by molar-refractivity contribution is 5.62. The molecule has 1 N–H and O–H groups in total. The molecule has 136 valence electrons. The molecular weight excluding hydrogens is 324 g/mol. The minimum Gasteiger partial charge on any atom is -0.359 e. The van der Waals surface area contributed by atoms with Crippen molar-refractivity contribution in [1.82, 2.24) is 20.3 Å². The van der Waals surface area contributed by atoms with Crippen LogP contribution in [-0.2, 0) is 19.4 Å². The molecule has 1 fully saturated rings. The maximum atomic E-state index is 5.61. The monoisotopic (exact) mass is 350 g/mol. The normalized spacial score (nSPS) is 17.8. The Balaban J connectivity index is 1.54. The van der Waals surface area contributed by atoms with Gasteiger partial charge in [0.15, 0.2) is 5.76 Å². The lowest BCUT2D eigenvalue weighted by molar-refractivity contribution is 0.206. The third-order valence-electron chi connectivity index (χ3n) is 5.37. The highest BCUT2D eigenvalue weighted by Crippen LogP contribution is 2.35. The van der Waals surface area contributed by atoms with E-state index in [-0.39, 0.29) is 0 Å². The molecule has 1 aliphatic heterocycles.